The first-order valence-corrected chi connectivity index (χ1v) is 4.50. The molecule has 0 radical (unpaired) electrons. The van der Waals surface area contributed by atoms with E-state index in [1.54, 1.807) is 0 Å². The average Bonchev–Trinajstić information content (AvgIpc) is 2.44. The van der Waals surface area contributed by atoms with Crippen molar-refractivity contribution >= 4 is 0 Å². The maximum absolute atomic E-state index is 5.84. The number of aromatic nitrogens is 2. The fraction of sp³-hybridized carbons (Fsp3) is 0.667. The Bertz CT molecular complexity index is 266. The number of hydrogen-bond donors (Lipinski definition) is 1. The Hall–Kier alpha value is -0.830. The van der Waals surface area contributed by atoms with Gasteiger partial charge in [0.2, 0.25) is 0 Å². The molecule has 2 unspecified atom stereocenters. The van der Waals surface area contributed by atoms with E-state index in [0.29, 0.717) is 12.0 Å². The lowest BCUT2D eigenvalue weighted by Gasteiger charge is -2.32. The van der Waals surface area contributed by atoms with Gasteiger partial charge in [-0.15, -0.1) is 0 Å². The Labute approximate surface area is 72.6 Å². The highest BCUT2D eigenvalue weighted by Gasteiger charge is 2.27. The molecule has 0 bridgehead atoms. The van der Waals surface area contributed by atoms with E-state index in [4.69, 9.17) is 5.73 Å². The third-order valence-electron chi connectivity index (χ3n) is 2.72. The molecule has 0 spiro atoms. The molecular weight excluding hydrogens is 150 g/mol. The van der Waals surface area contributed by atoms with Crippen molar-refractivity contribution in [2.24, 2.45) is 18.7 Å². The lowest BCUT2D eigenvalue weighted by molar-refractivity contribution is 0.253. The van der Waals surface area contributed by atoms with Crippen LogP contribution in [0.3, 0.4) is 0 Å². The highest BCUT2D eigenvalue weighted by Crippen LogP contribution is 2.28. The molecule has 1 fully saturated rings. The molecule has 3 nitrogen and oxygen atoms in total. The molecule has 12 heavy (non-hydrogen) atoms. The standard InChI is InChI=1S/C9H15N3/c1-12-5-4-8(11-12)6-7-2-3-9(7)10/h4-5,7,9H,2-3,6,10H2,1H3. The van der Waals surface area contributed by atoms with E-state index in [2.05, 4.69) is 11.2 Å². The summed E-state index contributed by atoms with van der Waals surface area (Å²) < 4.78 is 1.85. The van der Waals surface area contributed by atoms with Crippen molar-refractivity contribution in [3.05, 3.63) is 18.0 Å². The molecule has 1 aromatic rings. The van der Waals surface area contributed by atoms with Gasteiger partial charge in [0.1, 0.15) is 0 Å². The van der Waals surface area contributed by atoms with Crippen LogP contribution in [0.5, 0.6) is 0 Å². The summed E-state index contributed by atoms with van der Waals surface area (Å²) in [4.78, 5) is 0. The SMILES string of the molecule is Cn1ccc(CC2CCC2N)n1. The van der Waals surface area contributed by atoms with Gasteiger partial charge in [-0.25, -0.2) is 0 Å². The predicted octanol–water partition coefficient (Wildman–Crippen LogP) is 0.700. The van der Waals surface area contributed by atoms with E-state index >= 15 is 0 Å². The van der Waals surface area contributed by atoms with E-state index in [0.717, 1.165) is 6.42 Å². The van der Waals surface area contributed by atoms with Crippen LogP contribution in [-0.4, -0.2) is 15.8 Å². The minimum atomic E-state index is 0.423. The largest absolute Gasteiger partial charge is 0.327 e. The van der Waals surface area contributed by atoms with Crippen LogP contribution in [0.15, 0.2) is 12.3 Å². The van der Waals surface area contributed by atoms with Crippen molar-refractivity contribution in [1.29, 1.82) is 0 Å². The normalized spacial score (nSPS) is 28.5. The summed E-state index contributed by atoms with van der Waals surface area (Å²) in [5.74, 6) is 0.680. The second-order valence-corrected chi connectivity index (χ2v) is 3.69. The number of nitrogens with zero attached hydrogens (tertiary/aromatic N) is 2. The van der Waals surface area contributed by atoms with Gasteiger partial charge in [-0.3, -0.25) is 4.68 Å². The summed E-state index contributed by atoms with van der Waals surface area (Å²) in [5.41, 5.74) is 7.02. The fourth-order valence-electron chi connectivity index (χ4n) is 1.69. The number of rotatable bonds is 2. The highest BCUT2D eigenvalue weighted by atomic mass is 15.2. The highest BCUT2D eigenvalue weighted by molar-refractivity contribution is 5.03. The first kappa shape index (κ1) is 7.80. The molecule has 0 aromatic carbocycles. The topological polar surface area (TPSA) is 43.8 Å². The first-order chi connectivity index (χ1) is 5.75. The molecule has 1 aromatic heterocycles. The Morgan fingerprint density at radius 1 is 1.67 bits per heavy atom. The predicted molar refractivity (Wildman–Crippen MR) is 47.6 cm³/mol. The molecule has 1 aliphatic rings. The van der Waals surface area contributed by atoms with Crippen molar-refractivity contribution in [2.45, 2.75) is 25.3 Å². The molecule has 0 aliphatic heterocycles. The van der Waals surface area contributed by atoms with E-state index in [1.165, 1.54) is 18.5 Å². The quantitative estimate of drug-likeness (QED) is 0.701. The maximum Gasteiger partial charge on any atom is 0.0627 e. The van der Waals surface area contributed by atoms with Gasteiger partial charge in [0.25, 0.3) is 0 Å². The lowest BCUT2D eigenvalue weighted by Crippen LogP contribution is -2.40. The van der Waals surface area contributed by atoms with Crippen LogP contribution in [-0.2, 0) is 13.5 Å². The van der Waals surface area contributed by atoms with Gasteiger partial charge in [0, 0.05) is 19.3 Å². The third-order valence-corrected chi connectivity index (χ3v) is 2.72. The smallest absolute Gasteiger partial charge is 0.0627 e. The van der Waals surface area contributed by atoms with Crippen molar-refractivity contribution < 1.29 is 0 Å². The van der Waals surface area contributed by atoms with Crippen LogP contribution in [0.2, 0.25) is 0 Å². The molecule has 0 saturated heterocycles. The molecule has 1 heterocycles. The molecule has 2 N–H and O–H groups in total. The summed E-state index contributed by atoms with van der Waals surface area (Å²) in [7, 11) is 1.95. The van der Waals surface area contributed by atoms with Gasteiger partial charge in [-0.05, 0) is 31.2 Å². The minimum Gasteiger partial charge on any atom is -0.327 e. The van der Waals surface area contributed by atoms with Gasteiger partial charge in [-0.2, -0.15) is 5.10 Å². The lowest BCUT2D eigenvalue weighted by atomic mass is 9.77. The summed E-state index contributed by atoms with van der Waals surface area (Å²) >= 11 is 0. The zero-order valence-electron chi connectivity index (χ0n) is 7.40. The molecule has 0 amide bonds. The van der Waals surface area contributed by atoms with Gasteiger partial charge in [0.05, 0.1) is 5.69 Å². The molecule has 66 valence electrons. The Morgan fingerprint density at radius 3 is 2.92 bits per heavy atom. The van der Waals surface area contributed by atoms with Crippen LogP contribution in [0.1, 0.15) is 18.5 Å². The van der Waals surface area contributed by atoms with Crippen molar-refractivity contribution in [3.63, 3.8) is 0 Å². The number of nitrogens with two attached hydrogens (primary N) is 1. The van der Waals surface area contributed by atoms with Crippen LogP contribution >= 0.6 is 0 Å². The van der Waals surface area contributed by atoms with E-state index in [9.17, 15) is 0 Å². The van der Waals surface area contributed by atoms with Crippen LogP contribution in [0, 0.1) is 5.92 Å². The van der Waals surface area contributed by atoms with Crippen molar-refractivity contribution in [2.75, 3.05) is 0 Å². The van der Waals surface area contributed by atoms with Crippen LogP contribution in [0.4, 0.5) is 0 Å². The molecule has 3 heteroatoms. The number of hydrogen-bond acceptors (Lipinski definition) is 2. The monoisotopic (exact) mass is 165 g/mol. The van der Waals surface area contributed by atoms with Gasteiger partial charge >= 0.3 is 0 Å². The molecule has 1 aliphatic carbocycles. The molecule has 1 saturated carbocycles. The Kier molecular flexibility index (Phi) is 1.89. The van der Waals surface area contributed by atoms with Gasteiger partial charge in [-0.1, -0.05) is 0 Å². The van der Waals surface area contributed by atoms with E-state index < -0.39 is 0 Å². The van der Waals surface area contributed by atoms with Gasteiger partial charge < -0.3 is 5.73 Å². The third kappa shape index (κ3) is 1.37. The summed E-state index contributed by atoms with van der Waals surface area (Å²) in [5, 5.41) is 4.33. The summed E-state index contributed by atoms with van der Waals surface area (Å²) in [6, 6.07) is 2.50. The Morgan fingerprint density at radius 2 is 2.50 bits per heavy atom. The Balaban J connectivity index is 1.95. The fourth-order valence-corrected chi connectivity index (χ4v) is 1.69. The summed E-state index contributed by atoms with van der Waals surface area (Å²) in [6.45, 7) is 0. The zero-order valence-corrected chi connectivity index (χ0v) is 7.40. The second kappa shape index (κ2) is 2.90. The second-order valence-electron chi connectivity index (χ2n) is 3.69. The molecule has 2 rings (SSSR count). The maximum atomic E-state index is 5.84. The van der Waals surface area contributed by atoms with Crippen molar-refractivity contribution in [3.8, 4) is 0 Å². The van der Waals surface area contributed by atoms with Gasteiger partial charge in [0.15, 0.2) is 0 Å². The average molecular weight is 165 g/mol. The number of aryl methyl sites for hydroxylation is 1. The molecular formula is C9H15N3. The molecule has 2 atom stereocenters. The van der Waals surface area contributed by atoms with Crippen LogP contribution < -0.4 is 5.73 Å². The minimum absolute atomic E-state index is 0.423. The van der Waals surface area contributed by atoms with E-state index in [-0.39, 0.29) is 0 Å². The summed E-state index contributed by atoms with van der Waals surface area (Å²) in [6.07, 6.45) is 5.51. The first-order valence-electron chi connectivity index (χ1n) is 4.50. The van der Waals surface area contributed by atoms with Crippen molar-refractivity contribution in [1.82, 2.24) is 9.78 Å². The van der Waals surface area contributed by atoms with Crippen LogP contribution in [0.25, 0.3) is 0 Å². The van der Waals surface area contributed by atoms with E-state index in [1.807, 2.05) is 17.9 Å². The zero-order chi connectivity index (χ0) is 8.55.